The first-order chi connectivity index (χ1) is 31.3. The third-order valence-electron chi connectivity index (χ3n) is 11.7. The van der Waals surface area contributed by atoms with E-state index < -0.39 is 6.04 Å². The van der Waals surface area contributed by atoms with Crippen molar-refractivity contribution in [1.82, 2.24) is 14.5 Å². The average molecular weight is 1020 g/mol. The Morgan fingerprint density at radius 3 is 1.84 bits per heavy atom. The van der Waals surface area contributed by atoms with Crippen molar-refractivity contribution >= 4 is 11.0 Å². The van der Waals surface area contributed by atoms with Gasteiger partial charge in [-0.3, -0.25) is 9.55 Å². The molecule has 4 nitrogen and oxygen atoms in total. The summed E-state index contributed by atoms with van der Waals surface area (Å²) >= 11 is 0. The summed E-state index contributed by atoms with van der Waals surface area (Å²) < 4.78 is 44.5. The Morgan fingerprint density at radius 1 is 0.556 bits per heavy atom. The Hall–Kier alpha value is -5.57. The zero-order valence-corrected chi connectivity index (χ0v) is 40.8. The number of nitrogens with zero attached hydrogens (tertiary/aromatic N) is 3. The summed E-state index contributed by atoms with van der Waals surface area (Å²) in [5, 5.41) is 12.5. The monoisotopic (exact) mass is 1010 g/mol. The fraction of sp³-hybridized carbons (Fsp3) is 0.276. The summed E-state index contributed by atoms with van der Waals surface area (Å²) in [7, 11) is 0. The molecular formula is C58H60N3OPt-. The molecule has 63 heavy (non-hydrogen) atoms. The molecule has 2 heterocycles. The number of fused-ring (bicyclic) bond motifs is 1. The van der Waals surface area contributed by atoms with E-state index in [-0.39, 0.29) is 78.2 Å². The van der Waals surface area contributed by atoms with Crippen molar-refractivity contribution < 1.29 is 33.0 Å². The maximum Gasteiger partial charge on any atom is 0.148 e. The number of phenols is 1. The first-order valence-electron chi connectivity index (χ1n) is 24.0. The number of aromatic nitrogens is 3. The van der Waals surface area contributed by atoms with E-state index in [0.29, 0.717) is 28.2 Å². The Balaban J connectivity index is 0.00000684. The fourth-order valence-electron chi connectivity index (χ4n) is 8.11. The van der Waals surface area contributed by atoms with Crippen LogP contribution in [-0.2, 0) is 42.7 Å². The Bertz CT molecular complexity index is 3210. The van der Waals surface area contributed by atoms with Crippen LogP contribution in [0.25, 0.3) is 72.7 Å². The van der Waals surface area contributed by atoms with Crippen molar-refractivity contribution in [3.05, 3.63) is 168 Å². The van der Waals surface area contributed by atoms with E-state index in [1.165, 1.54) is 0 Å². The summed E-state index contributed by atoms with van der Waals surface area (Å²) in [5.74, 6) is 0.820. The molecule has 0 unspecified atom stereocenters. The Morgan fingerprint density at radius 2 is 1.19 bits per heavy atom. The molecule has 0 fully saturated rings. The van der Waals surface area contributed by atoms with Crippen molar-refractivity contribution in [2.45, 2.75) is 105 Å². The van der Waals surface area contributed by atoms with Crippen LogP contribution in [0.15, 0.2) is 140 Å². The predicted octanol–water partition coefficient (Wildman–Crippen LogP) is 15.4. The summed E-state index contributed by atoms with van der Waals surface area (Å²) in [6, 6.07) is 37.1. The van der Waals surface area contributed by atoms with Gasteiger partial charge in [0.25, 0.3) is 0 Å². The van der Waals surface area contributed by atoms with Crippen LogP contribution >= 0.6 is 0 Å². The number of rotatable bonds is 6. The summed E-state index contributed by atoms with van der Waals surface area (Å²) in [5.41, 5.74) is 11.8. The number of para-hydroxylation sites is 1. The van der Waals surface area contributed by atoms with Gasteiger partial charge in [-0.25, -0.2) is 4.98 Å². The molecule has 0 aliphatic carbocycles. The fourth-order valence-corrected chi connectivity index (χ4v) is 8.11. The molecule has 0 bridgehead atoms. The molecule has 0 saturated heterocycles. The molecule has 0 radical (unpaired) electrons. The van der Waals surface area contributed by atoms with Gasteiger partial charge in [-0.15, -0.1) is 29.3 Å². The van der Waals surface area contributed by atoms with Gasteiger partial charge in [0, 0.05) is 38.5 Å². The molecule has 1 N–H and O–H groups in total. The van der Waals surface area contributed by atoms with Crippen LogP contribution in [0, 0.1) is 6.07 Å². The zero-order chi connectivity index (χ0) is 48.7. The maximum atomic E-state index is 12.5. The SMILES string of the molecule is [2H]c1c([2H])c([2H])c(-c2ccnc(-c3[c-]c(-c4cccc5c4nc(-c4cc(C(C)(C)C)cc(C(C)(C)C)c4O)n5-c4ccc(-c5ccccc5)cc4C(C)(C)C)cc(C(C)(C)C)c3)c2)c([2H])c1[2H].[Pt]. The smallest absolute Gasteiger partial charge is 0.148 e. The molecule has 0 saturated carbocycles. The molecule has 0 amide bonds. The van der Waals surface area contributed by atoms with Crippen LogP contribution in [0.2, 0.25) is 0 Å². The summed E-state index contributed by atoms with van der Waals surface area (Å²) in [6.45, 7) is 26.1. The van der Waals surface area contributed by atoms with E-state index in [4.69, 9.17) is 16.8 Å². The van der Waals surface area contributed by atoms with Crippen molar-refractivity contribution in [3.8, 4) is 67.5 Å². The number of hydrogen-bond acceptors (Lipinski definition) is 3. The van der Waals surface area contributed by atoms with Gasteiger partial charge in [0.2, 0.25) is 0 Å². The molecule has 324 valence electrons. The van der Waals surface area contributed by atoms with Gasteiger partial charge < -0.3 is 5.11 Å². The molecule has 6 aromatic carbocycles. The first-order valence-corrected chi connectivity index (χ1v) is 21.5. The van der Waals surface area contributed by atoms with E-state index >= 15 is 0 Å². The van der Waals surface area contributed by atoms with Crippen LogP contribution < -0.4 is 0 Å². The normalized spacial score (nSPS) is 13.5. The van der Waals surface area contributed by atoms with Gasteiger partial charge in [-0.2, -0.15) is 0 Å². The quantitative estimate of drug-likeness (QED) is 0.169. The molecule has 8 aromatic rings. The topological polar surface area (TPSA) is 50.9 Å². The van der Waals surface area contributed by atoms with Gasteiger partial charge in [0.1, 0.15) is 11.6 Å². The van der Waals surface area contributed by atoms with Crippen LogP contribution in [0.1, 0.15) is 112 Å². The molecular weight excluding hydrogens is 950 g/mol. The minimum atomic E-state index is -0.436. The molecule has 0 atom stereocenters. The number of imidazole rings is 1. The number of benzene rings is 6. The minimum Gasteiger partial charge on any atom is -0.507 e. The van der Waals surface area contributed by atoms with Crippen molar-refractivity contribution in [2.24, 2.45) is 0 Å². The van der Waals surface area contributed by atoms with E-state index in [1.54, 1.807) is 18.3 Å². The molecule has 8 rings (SSSR count). The standard InChI is InChI=1S/C58H60N3O.Pt/c1-55(2,3)43-31-41(30-42(32-43)49-34-40(28-29-59-49)38-22-17-14-18-23-38)45-24-19-25-51-52(45)60-54(46-35-44(56(4,5)6)36-48(53(46)62)58(10,11)12)61(51)50-27-26-39(33-47(50)57(7,8)9)37-20-15-13-16-21-37;/h13-29,31-36,62H,1-12H3;/q-1;/i14D,17D,18D,22D,23D;. The minimum absolute atomic E-state index is 0. The Labute approximate surface area is 396 Å². The van der Waals surface area contributed by atoms with Gasteiger partial charge in [-0.1, -0.05) is 185 Å². The van der Waals surface area contributed by atoms with Crippen LogP contribution in [0.4, 0.5) is 0 Å². The van der Waals surface area contributed by atoms with Gasteiger partial charge >= 0.3 is 0 Å². The largest absolute Gasteiger partial charge is 0.507 e. The van der Waals surface area contributed by atoms with Gasteiger partial charge in [-0.05, 0) is 85.4 Å². The van der Waals surface area contributed by atoms with Crippen LogP contribution in [0.3, 0.4) is 0 Å². The van der Waals surface area contributed by atoms with E-state index in [1.807, 2.05) is 6.07 Å². The molecule has 5 heteroatoms. The van der Waals surface area contributed by atoms with Crippen molar-refractivity contribution in [2.75, 3.05) is 0 Å². The average Bonchev–Trinajstić information content (AvgIpc) is 3.66. The van der Waals surface area contributed by atoms with E-state index in [2.05, 4.69) is 179 Å². The van der Waals surface area contributed by atoms with Gasteiger partial charge in [0.15, 0.2) is 0 Å². The molecule has 2 aromatic heterocycles. The molecule has 0 aliphatic heterocycles. The third-order valence-corrected chi connectivity index (χ3v) is 11.7. The van der Waals surface area contributed by atoms with Crippen LogP contribution in [0.5, 0.6) is 5.75 Å². The molecule has 0 aliphatic rings. The zero-order valence-electron chi connectivity index (χ0n) is 43.5. The van der Waals surface area contributed by atoms with E-state index in [9.17, 15) is 5.11 Å². The first kappa shape index (κ1) is 39.1. The number of aromatic hydroxyl groups is 1. The molecule has 0 spiro atoms. The van der Waals surface area contributed by atoms with Gasteiger partial charge in [0.05, 0.1) is 29.1 Å². The number of pyridine rings is 1. The van der Waals surface area contributed by atoms with E-state index in [0.717, 1.165) is 61.2 Å². The second kappa shape index (κ2) is 16.9. The number of phenolic OH excluding ortho intramolecular Hbond substituents is 1. The second-order valence-electron chi connectivity index (χ2n) is 20.6. The predicted molar refractivity (Wildman–Crippen MR) is 261 cm³/mol. The summed E-state index contributed by atoms with van der Waals surface area (Å²) in [6.07, 6.45) is 1.61. The Kier molecular flexibility index (Phi) is 10.4. The maximum absolute atomic E-state index is 12.5. The third kappa shape index (κ3) is 9.11. The van der Waals surface area contributed by atoms with Crippen molar-refractivity contribution in [3.63, 3.8) is 0 Å². The second-order valence-corrected chi connectivity index (χ2v) is 20.6. The summed E-state index contributed by atoms with van der Waals surface area (Å²) in [4.78, 5) is 10.4. The van der Waals surface area contributed by atoms with Crippen molar-refractivity contribution in [1.29, 1.82) is 0 Å². The van der Waals surface area contributed by atoms with Crippen LogP contribution in [-0.4, -0.2) is 19.6 Å². The number of hydrogen-bond donors (Lipinski definition) is 1.